The third-order valence-corrected chi connectivity index (χ3v) is 14.8. The number of rotatable bonds is 10. The fourth-order valence-corrected chi connectivity index (χ4v) is 12.3. The molecule has 2 nitrogen and oxygen atoms in total. The third kappa shape index (κ3) is 6.84. The average molecular weight is 517 g/mol. The highest BCUT2D eigenvalue weighted by molar-refractivity contribution is 6.77. The fourth-order valence-electron chi connectivity index (χ4n) is 6.66. The molecule has 2 aromatic carbocycles. The maximum atomic E-state index is 13.3. The monoisotopic (exact) mass is 516 g/mol. The van der Waals surface area contributed by atoms with E-state index in [-0.39, 0.29) is 16.8 Å². The molecule has 0 amide bonds. The van der Waals surface area contributed by atoms with Crippen LogP contribution in [0, 0.1) is 11.8 Å². The molecule has 1 atom stereocenters. The van der Waals surface area contributed by atoms with E-state index in [0.29, 0.717) is 29.5 Å². The molecule has 0 bridgehead atoms. The van der Waals surface area contributed by atoms with Gasteiger partial charge in [-0.25, -0.2) is 0 Å². The number of carbonyl (C=O) groups excluding carboxylic acids is 1. The Labute approximate surface area is 227 Å². The molecule has 0 radical (unpaired) electrons. The molecule has 1 aliphatic rings. The van der Waals surface area contributed by atoms with Crippen molar-refractivity contribution in [2.45, 2.75) is 121 Å². The van der Waals surface area contributed by atoms with Crippen molar-refractivity contribution in [3.05, 3.63) is 71.8 Å². The summed E-state index contributed by atoms with van der Waals surface area (Å²) in [5, 5.41) is 0. The number of ketones is 1. The summed E-state index contributed by atoms with van der Waals surface area (Å²) in [5.74, 6) is 7.54. The molecule has 0 aliphatic heterocycles. The first-order valence-corrected chi connectivity index (χ1v) is 16.5. The van der Waals surface area contributed by atoms with E-state index in [1.54, 1.807) is 0 Å². The molecule has 3 heteroatoms. The first-order chi connectivity index (χ1) is 17.5. The average Bonchev–Trinajstić information content (AvgIpc) is 2.88. The minimum Gasteiger partial charge on any atom is -0.400 e. The summed E-state index contributed by atoms with van der Waals surface area (Å²) in [6.07, 6.45) is 6.73. The Morgan fingerprint density at radius 1 is 0.865 bits per heavy atom. The number of benzene rings is 2. The molecule has 1 fully saturated rings. The molecule has 1 unspecified atom stereocenters. The van der Waals surface area contributed by atoms with Gasteiger partial charge >= 0.3 is 0 Å². The van der Waals surface area contributed by atoms with Gasteiger partial charge < -0.3 is 4.43 Å². The molecule has 0 spiro atoms. The minimum atomic E-state index is -2.07. The number of Topliss-reactive ketones (excluding diaryl/α,β-unsaturated/α-hetero) is 1. The summed E-state index contributed by atoms with van der Waals surface area (Å²) in [7, 11) is -2.07. The van der Waals surface area contributed by atoms with Gasteiger partial charge in [0.15, 0.2) is 5.78 Å². The molecule has 200 valence electrons. The van der Waals surface area contributed by atoms with Crippen molar-refractivity contribution in [1.29, 1.82) is 0 Å². The quantitative estimate of drug-likeness (QED) is 0.178. The predicted octanol–water partition coefficient (Wildman–Crippen LogP) is 9.51. The smallest absolute Gasteiger partial charge is 0.202 e. The van der Waals surface area contributed by atoms with E-state index in [1.165, 1.54) is 24.8 Å². The highest BCUT2D eigenvalue weighted by atomic mass is 28.4. The van der Waals surface area contributed by atoms with Crippen LogP contribution in [0.1, 0.15) is 109 Å². The Hall–Kier alpha value is -2.15. The van der Waals surface area contributed by atoms with Crippen LogP contribution in [-0.2, 0) is 9.84 Å². The molecule has 2 aromatic rings. The first kappa shape index (κ1) is 29.4. The van der Waals surface area contributed by atoms with Gasteiger partial charge in [0.2, 0.25) is 8.32 Å². The highest BCUT2D eigenvalue weighted by Crippen LogP contribution is 2.47. The van der Waals surface area contributed by atoms with Crippen LogP contribution in [0.15, 0.2) is 60.7 Å². The predicted molar refractivity (Wildman–Crippen MR) is 160 cm³/mol. The van der Waals surface area contributed by atoms with Gasteiger partial charge in [0.25, 0.3) is 0 Å². The van der Waals surface area contributed by atoms with Crippen molar-refractivity contribution in [2.75, 3.05) is 0 Å². The zero-order valence-electron chi connectivity index (χ0n) is 24.3. The lowest BCUT2D eigenvalue weighted by molar-refractivity contribution is 0.0669. The summed E-state index contributed by atoms with van der Waals surface area (Å²) in [4.78, 5) is 13.3. The Bertz CT molecular complexity index is 1030. The van der Waals surface area contributed by atoms with E-state index in [9.17, 15) is 4.79 Å². The van der Waals surface area contributed by atoms with E-state index >= 15 is 0 Å². The van der Waals surface area contributed by atoms with E-state index in [0.717, 1.165) is 18.4 Å². The van der Waals surface area contributed by atoms with Crippen molar-refractivity contribution in [1.82, 2.24) is 0 Å². The summed E-state index contributed by atoms with van der Waals surface area (Å²) >= 11 is 0. The second-order valence-corrected chi connectivity index (χ2v) is 17.7. The van der Waals surface area contributed by atoms with E-state index in [4.69, 9.17) is 4.43 Å². The highest BCUT2D eigenvalue weighted by Gasteiger charge is 2.50. The van der Waals surface area contributed by atoms with Crippen molar-refractivity contribution in [3.8, 4) is 11.8 Å². The van der Waals surface area contributed by atoms with Crippen LogP contribution < -0.4 is 0 Å². The Morgan fingerprint density at radius 3 is 1.89 bits per heavy atom. The van der Waals surface area contributed by atoms with E-state index in [2.05, 4.69) is 84.6 Å². The fraction of sp³-hybridized carbons (Fsp3) is 0.559. The largest absolute Gasteiger partial charge is 0.400 e. The number of hydrogen-bond donors (Lipinski definition) is 0. The summed E-state index contributed by atoms with van der Waals surface area (Å²) < 4.78 is 7.42. The summed E-state index contributed by atoms with van der Waals surface area (Å²) in [5.41, 5.74) is 2.82. The van der Waals surface area contributed by atoms with Crippen LogP contribution in [0.2, 0.25) is 16.6 Å². The van der Waals surface area contributed by atoms with Crippen molar-refractivity contribution in [3.63, 3.8) is 0 Å². The van der Waals surface area contributed by atoms with E-state index < -0.39 is 8.32 Å². The van der Waals surface area contributed by atoms with Gasteiger partial charge in [-0.15, -0.1) is 0 Å². The molecular weight excluding hydrogens is 468 g/mol. The van der Waals surface area contributed by atoms with Crippen LogP contribution in [0.3, 0.4) is 0 Å². The third-order valence-electron chi connectivity index (χ3n) is 8.65. The second kappa shape index (κ2) is 12.6. The minimum absolute atomic E-state index is 0.170. The topological polar surface area (TPSA) is 26.3 Å². The van der Waals surface area contributed by atoms with Crippen LogP contribution in [0.4, 0.5) is 0 Å². The normalized spacial score (nSPS) is 17.4. The molecule has 3 rings (SSSR count). The molecule has 0 aromatic heterocycles. The van der Waals surface area contributed by atoms with Crippen molar-refractivity contribution < 1.29 is 9.22 Å². The molecule has 0 saturated heterocycles. The second-order valence-electron chi connectivity index (χ2n) is 12.3. The zero-order valence-corrected chi connectivity index (χ0v) is 25.3. The number of carbonyl (C=O) groups is 1. The zero-order chi connectivity index (χ0) is 27.1. The van der Waals surface area contributed by atoms with Crippen molar-refractivity contribution in [2.24, 2.45) is 0 Å². The van der Waals surface area contributed by atoms with Crippen molar-refractivity contribution >= 4 is 14.1 Å². The molecule has 0 N–H and O–H groups in total. The summed E-state index contributed by atoms with van der Waals surface area (Å²) in [6, 6.07) is 20.1. The standard InChI is InChI=1S/C34H48O2Si/c1-27(2)37(28(3)4,29(5)6)36-34(23-15-10-16-24-34)25-17-22-33(7,31-20-13-9-14-21-31)26-32(35)30-18-11-8-12-19-30/h8-9,11-14,18-21,27-29H,10,15-16,22-24,26H2,1-7H3. The van der Waals surface area contributed by atoms with Gasteiger partial charge in [-0.3, -0.25) is 4.79 Å². The van der Waals surface area contributed by atoms with Crippen LogP contribution in [0.25, 0.3) is 0 Å². The van der Waals surface area contributed by atoms with Crippen LogP contribution in [0.5, 0.6) is 0 Å². The van der Waals surface area contributed by atoms with E-state index in [1.807, 2.05) is 36.4 Å². The maximum Gasteiger partial charge on any atom is 0.202 e. The maximum absolute atomic E-state index is 13.3. The SMILES string of the molecule is CC(C)[Si](OC1(C#CCC(C)(CC(=O)c2ccccc2)c2ccccc2)CCCCC1)(C(C)C)C(C)C. The number of hydrogen-bond acceptors (Lipinski definition) is 2. The van der Waals surface area contributed by atoms with Gasteiger partial charge in [0.1, 0.15) is 5.60 Å². The Kier molecular flexibility index (Phi) is 10.0. The molecular formula is C34H48O2Si. The van der Waals surface area contributed by atoms with Gasteiger partial charge in [-0.2, -0.15) is 0 Å². The van der Waals surface area contributed by atoms with Gasteiger partial charge in [-0.05, 0) is 47.9 Å². The molecule has 37 heavy (non-hydrogen) atoms. The lowest BCUT2D eigenvalue weighted by Crippen LogP contribution is -2.54. The Balaban J connectivity index is 1.96. The van der Waals surface area contributed by atoms with Crippen LogP contribution >= 0.6 is 0 Å². The summed E-state index contributed by atoms with van der Waals surface area (Å²) in [6.45, 7) is 16.3. The first-order valence-electron chi connectivity index (χ1n) is 14.4. The van der Waals surface area contributed by atoms with Gasteiger partial charge in [0.05, 0.1) is 0 Å². The van der Waals surface area contributed by atoms with Crippen LogP contribution in [-0.4, -0.2) is 19.7 Å². The van der Waals surface area contributed by atoms with Gasteiger partial charge in [0, 0.05) is 23.8 Å². The Morgan fingerprint density at radius 2 is 1.38 bits per heavy atom. The lowest BCUT2D eigenvalue weighted by atomic mass is 9.74. The van der Waals surface area contributed by atoms with Gasteiger partial charge in [-0.1, -0.05) is 127 Å². The molecule has 1 saturated carbocycles. The molecule has 0 heterocycles. The molecule has 1 aliphatic carbocycles. The lowest BCUT2D eigenvalue weighted by Gasteiger charge is -2.49.